The maximum Gasteiger partial charge on any atom is 0.242 e. The largest absolute Gasteiger partial charge is 0.354 e. The van der Waals surface area contributed by atoms with Crippen LogP contribution in [0.25, 0.3) is 0 Å². The van der Waals surface area contributed by atoms with Crippen molar-refractivity contribution in [2.24, 2.45) is 5.92 Å². The highest BCUT2D eigenvalue weighted by Crippen LogP contribution is 2.29. The second-order valence-electron chi connectivity index (χ2n) is 9.15. The highest BCUT2D eigenvalue weighted by atomic mass is 16.2. The fourth-order valence-electron chi connectivity index (χ4n) is 4.21. The average molecular weight is 457 g/mol. The molecule has 4 nitrogen and oxygen atoms in total. The van der Waals surface area contributed by atoms with Gasteiger partial charge < -0.3 is 10.2 Å². The summed E-state index contributed by atoms with van der Waals surface area (Å²) >= 11 is 0. The van der Waals surface area contributed by atoms with Crippen molar-refractivity contribution < 1.29 is 9.59 Å². The number of rotatable bonds is 11. The first-order chi connectivity index (χ1) is 16.5. The van der Waals surface area contributed by atoms with Crippen molar-refractivity contribution in [3.8, 4) is 0 Å². The Hall–Kier alpha value is -3.40. The molecule has 0 spiro atoms. The molecule has 2 amide bonds. The van der Waals surface area contributed by atoms with Crippen LogP contribution in [0.5, 0.6) is 0 Å². The van der Waals surface area contributed by atoms with Crippen LogP contribution >= 0.6 is 0 Å². The quantitative estimate of drug-likeness (QED) is 0.397. The first kappa shape index (κ1) is 25.2. The fourth-order valence-corrected chi connectivity index (χ4v) is 4.21. The van der Waals surface area contributed by atoms with Crippen molar-refractivity contribution in [3.63, 3.8) is 0 Å². The van der Waals surface area contributed by atoms with Gasteiger partial charge in [-0.15, -0.1) is 0 Å². The van der Waals surface area contributed by atoms with Gasteiger partial charge in [-0.25, -0.2) is 0 Å². The van der Waals surface area contributed by atoms with E-state index in [0.29, 0.717) is 31.8 Å². The zero-order valence-electron chi connectivity index (χ0n) is 20.5. The standard InChI is InChI=1S/C30H36N2O2/c1-4-28(30(34)31-21-23(2)3)32(22-24-14-8-5-9-15-24)29(33)20-27(25-16-10-6-11-17-25)26-18-12-7-13-19-26/h5-19,23,27-28H,4,20-22H2,1-3H3,(H,31,34)/t28-/m1/s1. The van der Waals surface area contributed by atoms with Crippen LogP contribution in [-0.2, 0) is 16.1 Å². The summed E-state index contributed by atoms with van der Waals surface area (Å²) in [5, 5.41) is 3.04. The predicted octanol–water partition coefficient (Wildman–Crippen LogP) is 5.79. The lowest BCUT2D eigenvalue weighted by atomic mass is 9.88. The molecule has 1 atom stereocenters. The van der Waals surface area contributed by atoms with E-state index in [1.54, 1.807) is 4.90 Å². The number of hydrogen-bond donors (Lipinski definition) is 1. The van der Waals surface area contributed by atoms with Gasteiger partial charge in [0.2, 0.25) is 11.8 Å². The molecule has 0 bridgehead atoms. The maximum atomic E-state index is 13.9. The summed E-state index contributed by atoms with van der Waals surface area (Å²) in [6, 6.07) is 29.7. The van der Waals surface area contributed by atoms with Gasteiger partial charge >= 0.3 is 0 Å². The lowest BCUT2D eigenvalue weighted by Gasteiger charge is -2.32. The summed E-state index contributed by atoms with van der Waals surface area (Å²) in [7, 11) is 0. The van der Waals surface area contributed by atoms with Crippen molar-refractivity contribution in [3.05, 3.63) is 108 Å². The summed E-state index contributed by atoms with van der Waals surface area (Å²) in [4.78, 5) is 28.8. The number of nitrogens with one attached hydrogen (secondary N) is 1. The van der Waals surface area contributed by atoms with Crippen LogP contribution in [0.3, 0.4) is 0 Å². The second-order valence-corrected chi connectivity index (χ2v) is 9.15. The van der Waals surface area contributed by atoms with E-state index in [-0.39, 0.29) is 17.7 Å². The van der Waals surface area contributed by atoms with E-state index in [1.165, 1.54) is 0 Å². The Morgan fingerprint density at radius 3 is 1.76 bits per heavy atom. The average Bonchev–Trinajstić information content (AvgIpc) is 2.87. The van der Waals surface area contributed by atoms with Gasteiger partial charge in [-0.1, -0.05) is 112 Å². The van der Waals surface area contributed by atoms with Gasteiger partial charge in [0.15, 0.2) is 0 Å². The lowest BCUT2D eigenvalue weighted by Crippen LogP contribution is -2.49. The highest BCUT2D eigenvalue weighted by Gasteiger charge is 2.30. The van der Waals surface area contributed by atoms with Gasteiger partial charge in [0.1, 0.15) is 6.04 Å². The van der Waals surface area contributed by atoms with Crippen molar-refractivity contribution in [2.45, 2.75) is 52.1 Å². The molecule has 0 fully saturated rings. The maximum absolute atomic E-state index is 13.9. The number of benzene rings is 3. The Balaban J connectivity index is 1.91. The zero-order chi connectivity index (χ0) is 24.3. The summed E-state index contributed by atoms with van der Waals surface area (Å²) in [5.41, 5.74) is 3.21. The Kier molecular flexibility index (Phi) is 9.45. The molecular formula is C30H36N2O2. The molecule has 0 saturated carbocycles. The Morgan fingerprint density at radius 1 is 0.794 bits per heavy atom. The van der Waals surface area contributed by atoms with Crippen LogP contribution in [-0.4, -0.2) is 29.3 Å². The van der Waals surface area contributed by atoms with E-state index in [1.807, 2.05) is 73.7 Å². The summed E-state index contributed by atoms with van der Waals surface area (Å²) in [5.74, 6) is 0.161. The van der Waals surface area contributed by atoms with E-state index in [4.69, 9.17) is 0 Å². The van der Waals surface area contributed by atoms with Crippen LogP contribution in [0.2, 0.25) is 0 Å². The van der Waals surface area contributed by atoms with E-state index in [0.717, 1.165) is 16.7 Å². The third-order valence-corrected chi connectivity index (χ3v) is 6.05. The van der Waals surface area contributed by atoms with Crippen molar-refractivity contribution in [2.75, 3.05) is 6.54 Å². The van der Waals surface area contributed by atoms with E-state index in [2.05, 4.69) is 43.4 Å². The molecule has 0 saturated heterocycles. The van der Waals surface area contributed by atoms with E-state index < -0.39 is 6.04 Å². The Labute approximate surface area is 204 Å². The van der Waals surface area contributed by atoms with Crippen LogP contribution in [0.4, 0.5) is 0 Å². The molecule has 0 heterocycles. The molecular weight excluding hydrogens is 420 g/mol. The molecule has 1 N–H and O–H groups in total. The highest BCUT2D eigenvalue weighted by molar-refractivity contribution is 5.88. The minimum Gasteiger partial charge on any atom is -0.354 e. The molecule has 3 aromatic carbocycles. The summed E-state index contributed by atoms with van der Waals surface area (Å²) in [6.45, 7) is 7.11. The SMILES string of the molecule is CC[C@H](C(=O)NCC(C)C)N(Cc1ccccc1)C(=O)CC(c1ccccc1)c1ccccc1. The third kappa shape index (κ3) is 7.05. The number of amides is 2. The van der Waals surface area contributed by atoms with E-state index in [9.17, 15) is 9.59 Å². The molecule has 0 radical (unpaired) electrons. The monoisotopic (exact) mass is 456 g/mol. The predicted molar refractivity (Wildman–Crippen MR) is 138 cm³/mol. The van der Waals surface area contributed by atoms with Crippen LogP contribution in [0.1, 0.15) is 56.2 Å². The van der Waals surface area contributed by atoms with Crippen molar-refractivity contribution in [1.82, 2.24) is 10.2 Å². The summed E-state index contributed by atoms with van der Waals surface area (Å²) < 4.78 is 0. The van der Waals surface area contributed by atoms with Crippen molar-refractivity contribution >= 4 is 11.8 Å². The van der Waals surface area contributed by atoms with Crippen LogP contribution in [0.15, 0.2) is 91.0 Å². The number of carbonyl (C=O) groups excluding carboxylic acids is 2. The third-order valence-electron chi connectivity index (χ3n) is 6.05. The van der Waals surface area contributed by atoms with Gasteiger partial charge in [-0.2, -0.15) is 0 Å². The van der Waals surface area contributed by atoms with Crippen LogP contribution < -0.4 is 5.32 Å². The second kappa shape index (κ2) is 12.7. The number of carbonyl (C=O) groups is 2. The Bertz CT molecular complexity index is 980. The molecule has 4 heteroatoms. The van der Waals surface area contributed by atoms with Gasteiger partial charge in [0.25, 0.3) is 0 Å². The topological polar surface area (TPSA) is 49.4 Å². The zero-order valence-corrected chi connectivity index (χ0v) is 20.5. The van der Waals surface area contributed by atoms with E-state index >= 15 is 0 Å². The Morgan fingerprint density at radius 2 is 1.29 bits per heavy atom. The molecule has 3 aromatic rings. The summed E-state index contributed by atoms with van der Waals surface area (Å²) in [6.07, 6.45) is 0.860. The molecule has 0 aromatic heterocycles. The molecule has 0 aliphatic heterocycles. The molecule has 0 aliphatic rings. The molecule has 178 valence electrons. The van der Waals surface area contributed by atoms with Gasteiger partial charge in [0, 0.05) is 25.4 Å². The number of nitrogens with zero attached hydrogens (tertiary/aromatic N) is 1. The van der Waals surface area contributed by atoms with Crippen LogP contribution in [0, 0.1) is 5.92 Å². The molecule has 34 heavy (non-hydrogen) atoms. The first-order valence-corrected chi connectivity index (χ1v) is 12.2. The van der Waals surface area contributed by atoms with Gasteiger partial charge in [0.05, 0.1) is 0 Å². The molecule has 3 rings (SSSR count). The normalized spacial score (nSPS) is 11.9. The minimum absolute atomic E-state index is 0.0203. The first-order valence-electron chi connectivity index (χ1n) is 12.2. The molecule has 0 unspecified atom stereocenters. The molecule has 0 aliphatic carbocycles. The van der Waals surface area contributed by atoms with Crippen molar-refractivity contribution in [1.29, 1.82) is 0 Å². The lowest BCUT2D eigenvalue weighted by molar-refractivity contribution is -0.141. The van der Waals surface area contributed by atoms with Gasteiger partial charge in [-0.05, 0) is 29.0 Å². The minimum atomic E-state index is -0.515. The smallest absolute Gasteiger partial charge is 0.242 e. The fraction of sp³-hybridized carbons (Fsp3) is 0.333. The number of hydrogen-bond acceptors (Lipinski definition) is 2. The van der Waals surface area contributed by atoms with Gasteiger partial charge in [-0.3, -0.25) is 9.59 Å².